The average Bonchev–Trinajstić information content (AvgIpc) is 2.55. The number of hydrogen-bond acceptors (Lipinski definition) is 3. The van der Waals surface area contributed by atoms with E-state index in [1.165, 1.54) is 0 Å². The first-order chi connectivity index (χ1) is 5.74. The number of carbonyl (C=O) groups is 1. The number of nitrogens with zero attached hydrogens (tertiary/aromatic N) is 2. The van der Waals surface area contributed by atoms with Gasteiger partial charge in [0.15, 0.2) is 0 Å². The molecule has 3 N–H and O–H groups in total. The maximum atomic E-state index is 11.0. The molecular weight excluding hydrogens is 156 g/mol. The number of likely N-dealkylation sites (N-methyl/N-ethyl adjacent to an activating group) is 1. The van der Waals surface area contributed by atoms with Crippen molar-refractivity contribution in [2.45, 2.75) is 12.6 Å². The van der Waals surface area contributed by atoms with E-state index in [1.807, 2.05) is 0 Å². The van der Waals surface area contributed by atoms with Crippen LogP contribution in [0, 0.1) is 0 Å². The largest absolute Gasteiger partial charge is 0.358 e. The van der Waals surface area contributed by atoms with E-state index in [9.17, 15) is 4.79 Å². The Morgan fingerprint density at radius 3 is 3.08 bits per heavy atom. The number of carbonyl (C=O) groups excluding carboxylic acids is 1. The van der Waals surface area contributed by atoms with Gasteiger partial charge in [0.25, 0.3) is 0 Å². The lowest BCUT2D eigenvalue weighted by Gasteiger charge is -2.09. The number of nitrogens with one attached hydrogen (secondary N) is 1. The Morgan fingerprint density at radius 1 is 1.83 bits per heavy atom. The number of hydrogen-bond donors (Lipinski definition) is 2. The Labute approximate surface area is 70.5 Å². The van der Waals surface area contributed by atoms with E-state index in [0.29, 0.717) is 6.54 Å². The van der Waals surface area contributed by atoms with Crippen molar-refractivity contribution < 1.29 is 4.79 Å². The summed E-state index contributed by atoms with van der Waals surface area (Å²) in [6, 6.07) is 1.26. The van der Waals surface area contributed by atoms with Crippen LogP contribution in [-0.4, -0.2) is 28.8 Å². The van der Waals surface area contributed by atoms with Gasteiger partial charge in [-0.1, -0.05) is 0 Å². The zero-order valence-corrected chi connectivity index (χ0v) is 6.90. The van der Waals surface area contributed by atoms with Crippen LogP contribution < -0.4 is 11.1 Å². The SMILES string of the molecule is CNC(=O)[C@@H](N)Cn1cccn1. The molecule has 0 radical (unpaired) electrons. The molecule has 0 saturated heterocycles. The van der Waals surface area contributed by atoms with Gasteiger partial charge in [0, 0.05) is 19.4 Å². The summed E-state index contributed by atoms with van der Waals surface area (Å²) >= 11 is 0. The molecule has 0 spiro atoms. The summed E-state index contributed by atoms with van der Waals surface area (Å²) in [5.41, 5.74) is 5.55. The van der Waals surface area contributed by atoms with Crippen LogP contribution in [0.2, 0.25) is 0 Å². The number of nitrogens with two attached hydrogens (primary N) is 1. The van der Waals surface area contributed by atoms with Gasteiger partial charge < -0.3 is 11.1 Å². The molecule has 5 nitrogen and oxygen atoms in total. The molecule has 1 amide bonds. The summed E-state index contributed by atoms with van der Waals surface area (Å²) in [5.74, 6) is -0.175. The van der Waals surface area contributed by atoms with Crippen LogP contribution >= 0.6 is 0 Å². The molecule has 1 atom stereocenters. The van der Waals surface area contributed by atoms with E-state index < -0.39 is 6.04 Å². The summed E-state index contributed by atoms with van der Waals surface area (Å²) in [7, 11) is 1.56. The summed E-state index contributed by atoms with van der Waals surface area (Å²) in [5, 5.41) is 6.40. The molecule has 0 bridgehead atoms. The minimum absolute atomic E-state index is 0.175. The van der Waals surface area contributed by atoms with Crippen LogP contribution in [0.1, 0.15) is 0 Å². The third kappa shape index (κ3) is 2.06. The van der Waals surface area contributed by atoms with Gasteiger partial charge in [-0.15, -0.1) is 0 Å². The normalized spacial score (nSPS) is 12.5. The van der Waals surface area contributed by atoms with Crippen molar-refractivity contribution in [1.29, 1.82) is 0 Å². The van der Waals surface area contributed by atoms with Gasteiger partial charge in [0.05, 0.1) is 6.54 Å². The fourth-order valence-corrected chi connectivity index (χ4v) is 0.878. The van der Waals surface area contributed by atoms with Crippen LogP contribution in [-0.2, 0) is 11.3 Å². The van der Waals surface area contributed by atoms with Gasteiger partial charge in [0.2, 0.25) is 5.91 Å². The standard InChI is InChI=1S/C7H12N4O/c1-9-7(12)6(8)5-11-4-2-3-10-11/h2-4,6H,5,8H2,1H3,(H,9,12)/t6-/m0/s1. The molecule has 1 aromatic rings. The lowest BCUT2D eigenvalue weighted by atomic mass is 10.3. The van der Waals surface area contributed by atoms with E-state index >= 15 is 0 Å². The fraction of sp³-hybridized carbons (Fsp3) is 0.429. The molecule has 0 fully saturated rings. The monoisotopic (exact) mass is 168 g/mol. The highest BCUT2D eigenvalue weighted by molar-refractivity contribution is 5.80. The number of rotatable bonds is 3. The van der Waals surface area contributed by atoms with Crippen LogP contribution in [0.15, 0.2) is 18.5 Å². The molecule has 0 aliphatic carbocycles. The highest BCUT2D eigenvalue weighted by Crippen LogP contribution is 1.88. The molecule has 1 aromatic heterocycles. The smallest absolute Gasteiger partial charge is 0.238 e. The quantitative estimate of drug-likeness (QED) is 0.605. The Bertz CT molecular complexity index is 244. The molecule has 0 saturated carbocycles. The molecule has 0 aliphatic heterocycles. The van der Waals surface area contributed by atoms with E-state index in [2.05, 4.69) is 10.4 Å². The van der Waals surface area contributed by atoms with Gasteiger partial charge >= 0.3 is 0 Å². The fourth-order valence-electron chi connectivity index (χ4n) is 0.878. The second-order valence-electron chi connectivity index (χ2n) is 2.45. The van der Waals surface area contributed by atoms with Crippen LogP contribution in [0.25, 0.3) is 0 Å². The van der Waals surface area contributed by atoms with Crippen molar-refractivity contribution in [3.63, 3.8) is 0 Å². The summed E-state index contributed by atoms with van der Waals surface area (Å²) in [4.78, 5) is 11.0. The Hall–Kier alpha value is -1.36. The molecule has 0 aromatic carbocycles. The van der Waals surface area contributed by atoms with Gasteiger partial charge in [0.1, 0.15) is 6.04 Å². The third-order valence-electron chi connectivity index (χ3n) is 1.53. The molecule has 0 unspecified atom stereocenters. The second-order valence-corrected chi connectivity index (χ2v) is 2.45. The predicted molar refractivity (Wildman–Crippen MR) is 44.3 cm³/mol. The second kappa shape index (κ2) is 3.87. The van der Waals surface area contributed by atoms with Gasteiger partial charge in [-0.25, -0.2) is 0 Å². The van der Waals surface area contributed by atoms with Crippen molar-refractivity contribution >= 4 is 5.91 Å². The molecule has 1 rings (SSSR count). The molecule has 0 aliphatic rings. The van der Waals surface area contributed by atoms with Crippen molar-refractivity contribution in [1.82, 2.24) is 15.1 Å². The van der Waals surface area contributed by atoms with E-state index in [4.69, 9.17) is 5.73 Å². The first-order valence-corrected chi connectivity index (χ1v) is 3.68. The minimum atomic E-state index is -0.533. The molecule has 5 heteroatoms. The molecule has 66 valence electrons. The Balaban J connectivity index is 2.47. The lowest BCUT2D eigenvalue weighted by molar-refractivity contribution is -0.122. The van der Waals surface area contributed by atoms with Crippen molar-refractivity contribution in [2.75, 3.05) is 7.05 Å². The maximum Gasteiger partial charge on any atom is 0.238 e. The zero-order chi connectivity index (χ0) is 8.97. The van der Waals surface area contributed by atoms with E-state index in [0.717, 1.165) is 0 Å². The number of amides is 1. The third-order valence-corrected chi connectivity index (χ3v) is 1.53. The minimum Gasteiger partial charge on any atom is -0.358 e. The van der Waals surface area contributed by atoms with Crippen LogP contribution in [0.3, 0.4) is 0 Å². The molecule has 12 heavy (non-hydrogen) atoms. The van der Waals surface area contributed by atoms with E-state index in [1.54, 1.807) is 30.2 Å². The first kappa shape index (κ1) is 8.73. The van der Waals surface area contributed by atoms with Gasteiger partial charge in [-0.2, -0.15) is 5.10 Å². The Kier molecular flexibility index (Phi) is 2.82. The lowest BCUT2D eigenvalue weighted by Crippen LogP contribution is -2.41. The molecular formula is C7H12N4O. The summed E-state index contributed by atoms with van der Waals surface area (Å²) in [6.45, 7) is 0.409. The van der Waals surface area contributed by atoms with Gasteiger partial charge in [-0.05, 0) is 6.07 Å². The number of aromatic nitrogens is 2. The van der Waals surface area contributed by atoms with Crippen molar-refractivity contribution in [3.8, 4) is 0 Å². The van der Waals surface area contributed by atoms with Gasteiger partial charge in [-0.3, -0.25) is 9.48 Å². The highest BCUT2D eigenvalue weighted by Gasteiger charge is 2.11. The summed E-state index contributed by atoms with van der Waals surface area (Å²) in [6.07, 6.45) is 3.42. The van der Waals surface area contributed by atoms with E-state index in [-0.39, 0.29) is 5.91 Å². The van der Waals surface area contributed by atoms with Crippen molar-refractivity contribution in [2.24, 2.45) is 5.73 Å². The average molecular weight is 168 g/mol. The topological polar surface area (TPSA) is 72.9 Å². The Morgan fingerprint density at radius 2 is 2.58 bits per heavy atom. The first-order valence-electron chi connectivity index (χ1n) is 3.68. The predicted octanol–water partition coefficient (Wildman–Crippen LogP) is -1.04. The van der Waals surface area contributed by atoms with Crippen LogP contribution in [0.4, 0.5) is 0 Å². The summed E-state index contributed by atoms with van der Waals surface area (Å²) < 4.78 is 1.62. The van der Waals surface area contributed by atoms with Crippen molar-refractivity contribution in [3.05, 3.63) is 18.5 Å². The zero-order valence-electron chi connectivity index (χ0n) is 6.90. The maximum absolute atomic E-state index is 11.0. The van der Waals surface area contributed by atoms with Crippen LogP contribution in [0.5, 0.6) is 0 Å². The molecule has 1 heterocycles. The highest BCUT2D eigenvalue weighted by atomic mass is 16.2.